The Balaban J connectivity index is 1.92. The molecule has 1 aliphatic heterocycles. The zero-order valence-electron chi connectivity index (χ0n) is 10.3. The molecule has 1 saturated heterocycles. The smallest absolute Gasteiger partial charge is 0.142 e. The minimum atomic E-state index is 0.753. The largest absolute Gasteiger partial charge is 0.356 e. The van der Waals surface area contributed by atoms with Gasteiger partial charge in [0.25, 0.3) is 0 Å². The summed E-state index contributed by atoms with van der Waals surface area (Å²) in [5.74, 6) is 2.63. The minimum Gasteiger partial charge on any atom is -0.356 e. The van der Waals surface area contributed by atoms with Crippen molar-refractivity contribution in [1.29, 1.82) is 0 Å². The van der Waals surface area contributed by atoms with Gasteiger partial charge < -0.3 is 9.88 Å². The predicted octanol–water partition coefficient (Wildman–Crippen LogP) is 2.44. The summed E-state index contributed by atoms with van der Waals surface area (Å²) >= 11 is 0. The number of nitrogens with one attached hydrogen (secondary N) is 1. The second-order valence-electron chi connectivity index (χ2n) is 5.18. The van der Waals surface area contributed by atoms with Crippen molar-refractivity contribution in [2.24, 2.45) is 11.8 Å². The van der Waals surface area contributed by atoms with Crippen molar-refractivity contribution in [3.05, 3.63) is 18.6 Å². The van der Waals surface area contributed by atoms with Crippen LogP contribution < -0.4 is 4.90 Å². The maximum atomic E-state index is 4.45. The molecule has 90 valence electrons. The first-order valence-electron chi connectivity index (χ1n) is 6.28. The van der Waals surface area contributed by atoms with E-state index in [1.165, 1.54) is 6.42 Å². The van der Waals surface area contributed by atoms with Crippen LogP contribution in [-0.4, -0.2) is 28.0 Å². The molecule has 0 spiro atoms. The van der Waals surface area contributed by atoms with E-state index in [4.69, 9.17) is 0 Å². The van der Waals surface area contributed by atoms with Crippen molar-refractivity contribution in [3.8, 4) is 0 Å². The second-order valence-corrected chi connectivity index (χ2v) is 5.18. The maximum absolute atomic E-state index is 4.45. The highest BCUT2D eigenvalue weighted by Gasteiger charge is 2.26. The lowest BCUT2D eigenvalue weighted by Gasteiger charge is -2.19. The van der Waals surface area contributed by atoms with Crippen molar-refractivity contribution >= 4 is 16.9 Å². The van der Waals surface area contributed by atoms with Gasteiger partial charge in [0, 0.05) is 19.3 Å². The van der Waals surface area contributed by atoms with E-state index in [1.807, 2.05) is 6.20 Å². The number of H-pyrrole nitrogens is 1. The Kier molecular flexibility index (Phi) is 2.50. The number of anilines is 1. The van der Waals surface area contributed by atoms with Gasteiger partial charge in [0.05, 0.1) is 5.39 Å². The fraction of sp³-hybridized carbons (Fsp3) is 0.538. The van der Waals surface area contributed by atoms with Crippen molar-refractivity contribution in [3.63, 3.8) is 0 Å². The summed E-state index contributed by atoms with van der Waals surface area (Å²) in [6, 6.07) is 2.06. The second kappa shape index (κ2) is 4.02. The zero-order valence-corrected chi connectivity index (χ0v) is 10.3. The molecule has 2 aromatic heterocycles. The molecule has 1 N–H and O–H groups in total. The van der Waals surface area contributed by atoms with Crippen LogP contribution in [0.25, 0.3) is 11.0 Å². The van der Waals surface area contributed by atoms with E-state index in [-0.39, 0.29) is 0 Å². The van der Waals surface area contributed by atoms with E-state index in [2.05, 4.69) is 39.8 Å². The van der Waals surface area contributed by atoms with Crippen LogP contribution in [0.1, 0.15) is 20.3 Å². The molecule has 3 rings (SSSR count). The number of hydrogen-bond acceptors (Lipinski definition) is 3. The van der Waals surface area contributed by atoms with Gasteiger partial charge in [0.15, 0.2) is 0 Å². The maximum Gasteiger partial charge on any atom is 0.142 e. The van der Waals surface area contributed by atoms with Crippen LogP contribution in [0.5, 0.6) is 0 Å². The number of hydrogen-bond donors (Lipinski definition) is 1. The molecule has 0 aromatic carbocycles. The van der Waals surface area contributed by atoms with Gasteiger partial charge in [-0.25, -0.2) is 9.97 Å². The summed E-state index contributed by atoms with van der Waals surface area (Å²) in [4.78, 5) is 14.2. The lowest BCUT2D eigenvalue weighted by Crippen LogP contribution is -2.22. The molecule has 1 unspecified atom stereocenters. The highest BCUT2D eigenvalue weighted by molar-refractivity contribution is 5.87. The van der Waals surface area contributed by atoms with Gasteiger partial charge in [0.2, 0.25) is 0 Å². The molecule has 17 heavy (non-hydrogen) atoms. The van der Waals surface area contributed by atoms with Gasteiger partial charge in [-0.1, -0.05) is 13.8 Å². The van der Waals surface area contributed by atoms with Crippen LogP contribution in [0.15, 0.2) is 18.6 Å². The van der Waals surface area contributed by atoms with E-state index in [0.29, 0.717) is 0 Å². The van der Waals surface area contributed by atoms with Gasteiger partial charge in [-0.2, -0.15) is 0 Å². The normalized spacial score (nSPS) is 20.6. The topological polar surface area (TPSA) is 44.8 Å². The van der Waals surface area contributed by atoms with Gasteiger partial charge in [0.1, 0.15) is 17.8 Å². The molecule has 4 heteroatoms. The summed E-state index contributed by atoms with van der Waals surface area (Å²) < 4.78 is 0. The van der Waals surface area contributed by atoms with Gasteiger partial charge in [-0.15, -0.1) is 0 Å². The third-order valence-corrected chi connectivity index (χ3v) is 3.80. The number of nitrogens with zero attached hydrogens (tertiary/aromatic N) is 3. The molecule has 1 aliphatic rings. The molecule has 0 amide bonds. The third kappa shape index (κ3) is 1.77. The molecule has 1 atom stereocenters. The van der Waals surface area contributed by atoms with Gasteiger partial charge in [-0.3, -0.25) is 0 Å². The van der Waals surface area contributed by atoms with Gasteiger partial charge in [-0.05, 0) is 24.3 Å². The summed E-state index contributed by atoms with van der Waals surface area (Å²) in [7, 11) is 0. The van der Waals surface area contributed by atoms with E-state index >= 15 is 0 Å². The highest BCUT2D eigenvalue weighted by Crippen LogP contribution is 2.30. The summed E-state index contributed by atoms with van der Waals surface area (Å²) in [5, 5.41) is 1.14. The molecule has 3 heterocycles. The van der Waals surface area contributed by atoms with Crippen molar-refractivity contribution in [1.82, 2.24) is 15.0 Å². The lowest BCUT2D eigenvalue weighted by atomic mass is 9.95. The number of aromatic nitrogens is 3. The average molecular weight is 230 g/mol. The SMILES string of the molecule is CC(C)C1CCN(c2ncnc3[nH]ccc23)C1. The Morgan fingerprint density at radius 3 is 3.06 bits per heavy atom. The van der Waals surface area contributed by atoms with E-state index in [9.17, 15) is 0 Å². The Morgan fingerprint density at radius 1 is 1.41 bits per heavy atom. The van der Waals surface area contributed by atoms with Crippen molar-refractivity contribution < 1.29 is 0 Å². The van der Waals surface area contributed by atoms with Crippen molar-refractivity contribution in [2.75, 3.05) is 18.0 Å². The van der Waals surface area contributed by atoms with Crippen LogP contribution in [0.4, 0.5) is 5.82 Å². The Morgan fingerprint density at radius 2 is 2.29 bits per heavy atom. The van der Waals surface area contributed by atoms with E-state index in [0.717, 1.165) is 41.8 Å². The Bertz CT molecular complexity index is 517. The number of aromatic amines is 1. The zero-order chi connectivity index (χ0) is 11.8. The molecule has 0 aliphatic carbocycles. The van der Waals surface area contributed by atoms with E-state index < -0.39 is 0 Å². The Hall–Kier alpha value is -1.58. The summed E-state index contributed by atoms with van der Waals surface area (Å²) in [5.41, 5.74) is 0.933. The predicted molar refractivity (Wildman–Crippen MR) is 69.0 cm³/mol. The minimum absolute atomic E-state index is 0.753. The molecule has 4 nitrogen and oxygen atoms in total. The fourth-order valence-electron chi connectivity index (χ4n) is 2.63. The molecular weight excluding hydrogens is 212 g/mol. The first-order chi connectivity index (χ1) is 8.25. The lowest BCUT2D eigenvalue weighted by molar-refractivity contribution is 0.422. The highest BCUT2D eigenvalue weighted by atomic mass is 15.2. The van der Waals surface area contributed by atoms with Crippen LogP contribution in [0.2, 0.25) is 0 Å². The molecular formula is C13H18N4. The molecule has 0 radical (unpaired) electrons. The monoisotopic (exact) mass is 230 g/mol. The van der Waals surface area contributed by atoms with Crippen LogP contribution in [0, 0.1) is 11.8 Å². The summed E-state index contributed by atoms with van der Waals surface area (Å²) in [6.45, 7) is 6.84. The first kappa shape index (κ1) is 10.6. The van der Waals surface area contributed by atoms with Gasteiger partial charge >= 0.3 is 0 Å². The molecule has 0 bridgehead atoms. The number of rotatable bonds is 2. The Labute approximate surface area is 101 Å². The average Bonchev–Trinajstić information content (AvgIpc) is 2.97. The first-order valence-corrected chi connectivity index (χ1v) is 6.28. The third-order valence-electron chi connectivity index (χ3n) is 3.80. The summed E-state index contributed by atoms with van der Waals surface area (Å²) in [6.07, 6.45) is 4.85. The van der Waals surface area contributed by atoms with Crippen LogP contribution in [0.3, 0.4) is 0 Å². The molecule has 0 saturated carbocycles. The van der Waals surface area contributed by atoms with E-state index in [1.54, 1.807) is 6.33 Å². The van der Waals surface area contributed by atoms with Crippen LogP contribution in [-0.2, 0) is 0 Å². The molecule has 2 aromatic rings. The fourth-order valence-corrected chi connectivity index (χ4v) is 2.63. The van der Waals surface area contributed by atoms with Crippen LogP contribution >= 0.6 is 0 Å². The molecule has 1 fully saturated rings. The standard InChI is InChI=1S/C13H18N4/c1-9(2)10-4-6-17(7-10)13-11-3-5-14-12(11)15-8-16-13/h3,5,8-10H,4,6-7H2,1-2H3,(H,14,15,16). The number of fused-ring (bicyclic) bond motifs is 1. The quantitative estimate of drug-likeness (QED) is 0.861. The van der Waals surface area contributed by atoms with Crippen molar-refractivity contribution in [2.45, 2.75) is 20.3 Å².